The number of nitrogens with one attached hydrogen (secondary N) is 1. The van der Waals surface area contributed by atoms with Crippen LogP contribution in [0.15, 0.2) is 48.8 Å². The van der Waals surface area contributed by atoms with Gasteiger partial charge < -0.3 is 10.1 Å². The number of hydrogen-bond donors (Lipinski definition) is 1. The van der Waals surface area contributed by atoms with Crippen molar-refractivity contribution in [2.45, 2.75) is 26.3 Å². The molecule has 0 saturated carbocycles. The summed E-state index contributed by atoms with van der Waals surface area (Å²) < 4.78 is 34.5. The maximum Gasteiger partial charge on any atom is 0.304 e. The van der Waals surface area contributed by atoms with E-state index in [0.29, 0.717) is 43.9 Å². The van der Waals surface area contributed by atoms with Crippen molar-refractivity contribution in [2.75, 3.05) is 31.0 Å². The number of anilines is 1. The molecule has 1 saturated heterocycles. The van der Waals surface area contributed by atoms with Gasteiger partial charge in [-0.1, -0.05) is 6.07 Å². The van der Waals surface area contributed by atoms with E-state index >= 15 is 0 Å². The first-order valence-corrected chi connectivity index (χ1v) is 11.4. The third kappa shape index (κ3) is 5.09. The number of methoxy groups -OCH3 is 1. The summed E-state index contributed by atoms with van der Waals surface area (Å²) in [5.74, 6) is 0.154. The van der Waals surface area contributed by atoms with E-state index in [4.69, 9.17) is 4.74 Å². The van der Waals surface area contributed by atoms with Gasteiger partial charge in [0.2, 0.25) is 5.91 Å². The Kier molecular flexibility index (Phi) is 7.28. The van der Waals surface area contributed by atoms with Crippen LogP contribution >= 0.6 is 0 Å². The van der Waals surface area contributed by atoms with Gasteiger partial charge in [-0.3, -0.25) is 14.1 Å². The lowest BCUT2D eigenvalue weighted by atomic mass is 9.99. The van der Waals surface area contributed by atoms with Gasteiger partial charge in [0, 0.05) is 38.6 Å². The Morgan fingerprint density at radius 1 is 1.30 bits per heavy atom. The maximum atomic E-state index is 13.3. The van der Waals surface area contributed by atoms with E-state index in [1.807, 2.05) is 12.1 Å². The number of benzene rings is 1. The van der Waals surface area contributed by atoms with Gasteiger partial charge in [0.05, 0.1) is 18.7 Å². The maximum absolute atomic E-state index is 13.3. The minimum Gasteiger partial charge on any atom is -0.497 e. The van der Waals surface area contributed by atoms with Crippen LogP contribution < -0.4 is 14.4 Å². The summed E-state index contributed by atoms with van der Waals surface area (Å²) in [6.07, 6.45) is 4.69. The lowest BCUT2D eigenvalue weighted by molar-refractivity contribution is -0.126. The fourth-order valence-electron chi connectivity index (χ4n) is 3.57. The number of rotatable bonds is 8. The van der Waals surface area contributed by atoms with Crippen molar-refractivity contribution in [2.24, 2.45) is 5.92 Å². The van der Waals surface area contributed by atoms with Crippen molar-refractivity contribution in [3.05, 3.63) is 54.4 Å². The molecule has 1 aliphatic heterocycles. The van der Waals surface area contributed by atoms with Crippen LogP contribution in [-0.4, -0.2) is 50.4 Å². The molecule has 1 atom stereocenters. The van der Waals surface area contributed by atoms with Gasteiger partial charge in [0.25, 0.3) is 0 Å². The molecule has 2 heterocycles. The number of hydrogen-bond acceptors (Lipinski definition) is 5. The zero-order valence-electron chi connectivity index (χ0n) is 17.3. The molecule has 1 N–H and O–H groups in total. The molecule has 0 bridgehead atoms. The number of aromatic nitrogens is 1. The largest absolute Gasteiger partial charge is 0.497 e. The summed E-state index contributed by atoms with van der Waals surface area (Å²) in [6, 6.07) is 10.6. The average Bonchev–Trinajstić information content (AvgIpc) is 2.79. The zero-order valence-corrected chi connectivity index (χ0v) is 18.1. The minimum atomic E-state index is -3.74. The Bertz CT molecular complexity index is 935. The van der Waals surface area contributed by atoms with E-state index in [1.54, 1.807) is 50.7 Å². The lowest BCUT2D eigenvalue weighted by Gasteiger charge is -2.35. The summed E-state index contributed by atoms with van der Waals surface area (Å²) in [5, 5.41) is 2.90. The Labute approximate surface area is 178 Å². The monoisotopic (exact) mass is 432 g/mol. The topological polar surface area (TPSA) is 91.8 Å². The number of piperidine rings is 1. The molecule has 2 aromatic rings. The highest BCUT2D eigenvalue weighted by molar-refractivity contribution is 7.90. The van der Waals surface area contributed by atoms with Crippen LogP contribution in [0.5, 0.6) is 5.75 Å². The molecule has 8 nitrogen and oxygen atoms in total. The molecule has 9 heteroatoms. The van der Waals surface area contributed by atoms with E-state index in [2.05, 4.69) is 10.3 Å². The summed E-state index contributed by atoms with van der Waals surface area (Å²) in [4.78, 5) is 16.7. The number of nitrogens with zero attached hydrogens (tertiary/aromatic N) is 3. The van der Waals surface area contributed by atoms with Gasteiger partial charge in [-0.15, -0.1) is 0 Å². The molecule has 1 fully saturated rings. The molecule has 1 aromatic heterocycles. The van der Waals surface area contributed by atoms with Crippen molar-refractivity contribution in [1.82, 2.24) is 14.6 Å². The molecule has 30 heavy (non-hydrogen) atoms. The van der Waals surface area contributed by atoms with Gasteiger partial charge in [-0.05, 0) is 55.7 Å². The normalized spacial score (nSPS) is 17.3. The highest BCUT2D eigenvalue weighted by atomic mass is 32.2. The summed E-state index contributed by atoms with van der Waals surface area (Å²) in [6.45, 7) is 3.05. The van der Waals surface area contributed by atoms with Gasteiger partial charge >= 0.3 is 10.2 Å². The van der Waals surface area contributed by atoms with Crippen LogP contribution in [0.1, 0.15) is 25.3 Å². The molecule has 0 unspecified atom stereocenters. The van der Waals surface area contributed by atoms with Crippen LogP contribution in [0.2, 0.25) is 0 Å². The van der Waals surface area contributed by atoms with Crippen LogP contribution in [0, 0.1) is 5.92 Å². The second-order valence-electron chi connectivity index (χ2n) is 7.15. The summed E-state index contributed by atoms with van der Waals surface area (Å²) in [7, 11) is -2.18. The predicted molar refractivity (Wildman–Crippen MR) is 115 cm³/mol. The first-order chi connectivity index (χ1) is 14.5. The Morgan fingerprint density at radius 3 is 2.70 bits per heavy atom. The second-order valence-corrected chi connectivity index (χ2v) is 9.00. The average molecular weight is 433 g/mol. The zero-order chi connectivity index (χ0) is 21.6. The third-order valence-electron chi connectivity index (χ3n) is 5.20. The first kappa shape index (κ1) is 22.0. The molecule has 1 aliphatic rings. The van der Waals surface area contributed by atoms with Gasteiger partial charge in [0.1, 0.15) is 5.75 Å². The summed E-state index contributed by atoms with van der Waals surface area (Å²) in [5.41, 5.74) is 1.48. The van der Waals surface area contributed by atoms with Crippen LogP contribution in [0.4, 0.5) is 5.69 Å². The molecule has 162 valence electrons. The SMILES string of the molecule is CCN(c1ccc(OC)cc1)S(=O)(=O)N1CCC[C@H](C(=O)NCc2cccnc2)C1. The van der Waals surface area contributed by atoms with E-state index in [9.17, 15) is 13.2 Å². The predicted octanol–water partition coefficient (Wildman–Crippen LogP) is 2.19. The molecule has 1 aromatic carbocycles. The van der Waals surface area contributed by atoms with E-state index < -0.39 is 10.2 Å². The van der Waals surface area contributed by atoms with Gasteiger partial charge in [-0.2, -0.15) is 12.7 Å². The summed E-state index contributed by atoms with van der Waals surface area (Å²) >= 11 is 0. The number of carbonyl (C=O) groups excluding carboxylic acids is 1. The molecule has 0 aliphatic carbocycles. The number of pyridine rings is 1. The van der Waals surface area contributed by atoms with Crippen molar-refractivity contribution < 1.29 is 17.9 Å². The van der Waals surface area contributed by atoms with Crippen LogP contribution in [0.25, 0.3) is 0 Å². The first-order valence-electron chi connectivity index (χ1n) is 10.0. The quantitative estimate of drug-likeness (QED) is 0.690. The molecule has 0 radical (unpaired) electrons. The smallest absolute Gasteiger partial charge is 0.304 e. The molecular weight excluding hydrogens is 404 g/mol. The van der Waals surface area contributed by atoms with Crippen molar-refractivity contribution in [1.29, 1.82) is 0 Å². The van der Waals surface area contributed by atoms with Gasteiger partial charge in [-0.25, -0.2) is 0 Å². The fourth-order valence-corrected chi connectivity index (χ4v) is 5.29. The number of amides is 1. The highest BCUT2D eigenvalue weighted by Gasteiger charge is 2.35. The van der Waals surface area contributed by atoms with E-state index in [1.165, 1.54) is 8.61 Å². The van der Waals surface area contributed by atoms with E-state index in [0.717, 1.165) is 5.56 Å². The highest BCUT2D eigenvalue weighted by Crippen LogP contribution is 2.26. The molecule has 1 amide bonds. The van der Waals surface area contributed by atoms with E-state index in [-0.39, 0.29) is 18.4 Å². The van der Waals surface area contributed by atoms with Crippen molar-refractivity contribution >= 4 is 21.8 Å². The van der Waals surface area contributed by atoms with Crippen molar-refractivity contribution in [3.63, 3.8) is 0 Å². The molecule has 3 rings (SSSR count). The lowest BCUT2D eigenvalue weighted by Crippen LogP contribution is -2.50. The standard InChI is InChI=1S/C21H28N4O4S/c1-3-25(19-8-10-20(29-2)11-9-19)30(27,28)24-13-5-7-18(16-24)21(26)23-15-17-6-4-12-22-14-17/h4,6,8-12,14,18H,3,5,7,13,15-16H2,1-2H3,(H,23,26)/t18-/m0/s1. The Hall–Kier alpha value is -2.65. The van der Waals surface area contributed by atoms with Crippen LogP contribution in [-0.2, 0) is 21.5 Å². The molecular formula is C21H28N4O4S. The number of ether oxygens (including phenoxy) is 1. The third-order valence-corrected chi connectivity index (χ3v) is 7.21. The van der Waals surface area contributed by atoms with Crippen molar-refractivity contribution in [3.8, 4) is 5.75 Å². The minimum absolute atomic E-state index is 0.133. The fraction of sp³-hybridized carbons (Fsp3) is 0.429. The number of carbonyl (C=O) groups is 1. The van der Waals surface area contributed by atoms with Gasteiger partial charge in [0.15, 0.2) is 0 Å². The molecule has 0 spiro atoms. The second kappa shape index (κ2) is 9.90. The Morgan fingerprint density at radius 2 is 2.07 bits per heavy atom. The Balaban J connectivity index is 1.68. The van der Waals surface area contributed by atoms with Crippen LogP contribution in [0.3, 0.4) is 0 Å².